The van der Waals surface area contributed by atoms with Gasteiger partial charge in [-0.25, -0.2) is 0 Å². The first-order valence-electron chi connectivity index (χ1n) is 7.81. The van der Waals surface area contributed by atoms with E-state index in [0.29, 0.717) is 12.0 Å². The first-order chi connectivity index (χ1) is 11.4. The summed E-state index contributed by atoms with van der Waals surface area (Å²) in [6.45, 7) is 8.11. The van der Waals surface area contributed by atoms with E-state index in [2.05, 4.69) is 10.3 Å². The molecule has 2 rings (SSSR count). The molecule has 1 aliphatic heterocycles. The number of likely N-dealkylation sites (N-methyl/N-ethyl adjacent to an activating group) is 1. The molecule has 1 fully saturated rings. The summed E-state index contributed by atoms with van der Waals surface area (Å²) in [6, 6.07) is 0.863. The van der Waals surface area contributed by atoms with Crippen molar-refractivity contribution >= 4 is 24.8 Å². The fraction of sp³-hybridized carbons (Fsp3) is 0.562. The van der Waals surface area contributed by atoms with Crippen molar-refractivity contribution in [1.82, 2.24) is 10.3 Å². The van der Waals surface area contributed by atoms with Crippen molar-refractivity contribution in [2.75, 3.05) is 13.6 Å². The second-order valence-corrected chi connectivity index (χ2v) is 7.33. The molecule has 1 N–H and O–H groups in total. The molecule has 0 saturated carbocycles. The maximum atomic E-state index is 12.7. The Morgan fingerprint density at radius 3 is 2.28 bits per heavy atom. The number of rotatable bonds is 4. The number of nitrogens with zero attached hydrogens (tertiary/aromatic N) is 1. The van der Waals surface area contributed by atoms with Crippen molar-refractivity contribution in [2.24, 2.45) is 0 Å². The number of aromatic nitrogens is 1. The Labute approximate surface area is 150 Å². The molecule has 0 aliphatic carbocycles. The van der Waals surface area contributed by atoms with Gasteiger partial charge in [0.05, 0.1) is 27.5 Å². The fourth-order valence-electron chi connectivity index (χ4n) is 2.29. The van der Waals surface area contributed by atoms with Crippen molar-refractivity contribution in [3.05, 3.63) is 34.0 Å². The molecule has 1 saturated heterocycles. The van der Waals surface area contributed by atoms with Crippen LogP contribution in [0.25, 0.3) is 6.08 Å². The summed E-state index contributed by atoms with van der Waals surface area (Å²) < 4.78 is 50.2. The zero-order valence-electron chi connectivity index (χ0n) is 14.8. The predicted molar refractivity (Wildman–Crippen MR) is 92.2 cm³/mol. The van der Waals surface area contributed by atoms with E-state index in [-0.39, 0.29) is 10.7 Å². The quantitative estimate of drug-likeness (QED) is 0.807. The third-order valence-corrected chi connectivity index (χ3v) is 4.76. The molecule has 0 unspecified atom stereocenters. The third-order valence-electron chi connectivity index (χ3n) is 4.46. The van der Waals surface area contributed by atoms with E-state index in [1.807, 2.05) is 27.7 Å². The van der Waals surface area contributed by atoms with Crippen LogP contribution in [0.4, 0.5) is 13.2 Å². The van der Waals surface area contributed by atoms with Gasteiger partial charge in [-0.3, -0.25) is 4.98 Å². The van der Waals surface area contributed by atoms with Gasteiger partial charge in [-0.15, -0.1) is 0 Å². The highest BCUT2D eigenvalue weighted by Gasteiger charge is 2.52. The third kappa shape index (κ3) is 4.37. The summed E-state index contributed by atoms with van der Waals surface area (Å²) in [7, 11) is 1.11. The van der Waals surface area contributed by atoms with Gasteiger partial charge < -0.3 is 14.6 Å². The maximum absolute atomic E-state index is 12.7. The van der Waals surface area contributed by atoms with Gasteiger partial charge in [0.15, 0.2) is 0 Å². The Bertz CT molecular complexity index is 662. The fourth-order valence-corrected chi connectivity index (χ4v) is 2.51. The van der Waals surface area contributed by atoms with E-state index in [0.717, 1.165) is 12.3 Å². The molecule has 4 nitrogen and oxygen atoms in total. The summed E-state index contributed by atoms with van der Waals surface area (Å²) in [5.41, 5.74) is -1.02. The topological polar surface area (TPSA) is 43.4 Å². The van der Waals surface area contributed by atoms with Crippen LogP contribution in [0.5, 0.6) is 0 Å². The first kappa shape index (κ1) is 20.2. The van der Waals surface area contributed by atoms with Crippen LogP contribution in [-0.4, -0.2) is 36.9 Å². The standard InChI is InChI=1S/C16H21BClF3N2O2/c1-14(2)15(3,4)25-17(24-14)11(9-22-5)7-13-12(18)6-10(8-23-13)16(19,20)21/h6-8,22H,9H2,1-5H3. The maximum Gasteiger partial charge on any atom is 0.491 e. The Balaban J connectivity index is 2.35. The molecular formula is C16H21BClF3N2O2. The van der Waals surface area contributed by atoms with Crippen LogP contribution in [0, 0.1) is 0 Å². The lowest BCUT2D eigenvalue weighted by Gasteiger charge is -2.32. The van der Waals surface area contributed by atoms with E-state index >= 15 is 0 Å². The highest BCUT2D eigenvalue weighted by molar-refractivity contribution is 6.56. The van der Waals surface area contributed by atoms with E-state index in [4.69, 9.17) is 20.9 Å². The van der Waals surface area contributed by atoms with Gasteiger partial charge in [0.25, 0.3) is 0 Å². The molecule has 2 heterocycles. The molecule has 0 atom stereocenters. The van der Waals surface area contributed by atoms with E-state index in [1.165, 1.54) is 0 Å². The molecular weight excluding hydrogens is 355 g/mol. The number of hydrogen-bond acceptors (Lipinski definition) is 4. The van der Waals surface area contributed by atoms with E-state index < -0.39 is 30.1 Å². The smallest absolute Gasteiger partial charge is 0.400 e. The Morgan fingerprint density at radius 1 is 1.28 bits per heavy atom. The Kier molecular flexibility index (Phi) is 5.59. The van der Waals surface area contributed by atoms with E-state index in [9.17, 15) is 13.2 Å². The number of pyridine rings is 1. The normalized spacial score (nSPS) is 20.2. The summed E-state index contributed by atoms with van der Waals surface area (Å²) >= 11 is 5.99. The number of nitrogens with one attached hydrogen (secondary N) is 1. The first-order valence-corrected chi connectivity index (χ1v) is 8.18. The lowest BCUT2D eigenvalue weighted by molar-refractivity contribution is -0.137. The van der Waals surface area contributed by atoms with Gasteiger partial charge in [-0.05, 0) is 52.4 Å². The molecule has 0 bridgehead atoms. The van der Waals surface area contributed by atoms with Crippen LogP contribution in [0.15, 0.2) is 17.7 Å². The molecule has 138 valence electrons. The van der Waals surface area contributed by atoms with Gasteiger partial charge in [0.1, 0.15) is 0 Å². The lowest BCUT2D eigenvalue weighted by atomic mass is 9.77. The van der Waals surface area contributed by atoms with Gasteiger partial charge in [-0.2, -0.15) is 13.2 Å². The summed E-state index contributed by atoms with van der Waals surface area (Å²) in [5, 5.41) is 2.91. The summed E-state index contributed by atoms with van der Waals surface area (Å²) in [5.74, 6) is 0. The van der Waals surface area contributed by atoms with Crippen LogP contribution in [0.2, 0.25) is 5.02 Å². The molecule has 1 aromatic heterocycles. The average Bonchev–Trinajstić information content (AvgIpc) is 2.67. The monoisotopic (exact) mass is 376 g/mol. The molecule has 1 aliphatic rings. The van der Waals surface area contributed by atoms with Crippen LogP contribution in [0.3, 0.4) is 0 Å². The van der Waals surface area contributed by atoms with Gasteiger partial charge >= 0.3 is 13.3 Å². The predicted octanol–water partition coefficient (Wildman–Crippen LogP) is 3.99. The van der Waals surface area contributed by atoms with Gasteiger partial charge in [0.2, 0.25) is 0 Å². The van der Waals surface area contributed by atoms with Gasteiger partial charge in [0, 0.05) is 12.7 Å². The zero-order chi connectivity index (χ0) is 19.0. The number of alkyl halides is 3. The van der Waals surface area contributed by atoms with E-state index in [1.54, 1.807) is 13.1 Å². The summed E-state index contributed by atoms with van der Waals surface area (Å²) in [4.78, 5) is 3.84. The van der Waals surface area contributed by atoms with Crippen molar-refractivity contribution in [3.63, 3.8) is 0 Å². The van der Waals surface area contributed by atoms with Crippen LogP contribution >= 0.6 is 11.6 Å². The average molecular weight is 377 g/mol. The Morgan fingerprint density at radius 2 is 1.84 bits per heavy atom. The molecule has 0 amide bonds. The minimum atomic E-state index is -4.49. The number of hydrogen-bond donors (Lipinski definition) is 1. The highest BCUT2D eigenvalue weighted by Crippen LogP contribution is 2.39. The number of halogens is 4. The molecule has 0 spiro atoms. The van der Waals surface area contributed by atoms with Crippen LogP contribution in [0.1, 0.15) is 39.0 Å². The van der Waals surface area contributed by atoms with Crippen molar-refractivity contribution in [3.8, 4) is 0 Å². The molecule has 0 radical (unpaired) electrons. The molecule has 1 aromatic rings. The summed E-state index contributed by atoms with van der Waals surface area (Å²) in [6.07, 6.45) is -2.13. The van der Waals surface area contributed by atoms with Crippen molar-refractivity contribution in [1.29, 1.82) is 0 Å². The second kappa shape index (κ2) is 6.91. The van der Waals surface area contributed by atoms with Gasteiger partial charge in [-0.1, -0.05) is 11.6 Å². The van der Waals surface area contributed by atoms with Crippen LogP contribution in [-0.2, 0) is 15.5 Å². The van der Waals surface area contributed by atoms with Crippen molar-refractivity contribution < 1.29 is 22.5 Å². The SMILES string of the molecule is CNCC(=Cc1ncc(C(F)(F)F)cc1Cl)B1OC(C)(C)C(C)(C)O1. The van der Waals surface area contributed by atoms with Crippen molar-refractivity contribution in [2.45, 2.75) is 45.1 Å². The van der Waals surface area contributed by atoms with Crippen LogP contribution < -0.4 is 5.32 Å². The highest BCUT2D eigenvalue weighted by atomic mass is 35.5. The zero-order valence-corrected chi connectivity index (χ0v) is 15.5. The molecule has 0 aromatic carbocycles. The minimum absolute atomic E-state index is 0.0834. The largest absolute Gasteiger partial charge is 0.491 e. The Hall–Kier alpha value is -1.09. The second-order valence-electron chi connectivity index (χ2n) is 6.93. The lowest BCUT2D eigenvalue weighted by Crippen LogP contribution is -2.41. The molecule has 25 heavy (non-hydrogen) atoms. The molecule has 9 heteroatoms. The minimum Gasteiger partial charge on any atom is -0.400 e.